The Morgan fingerprint density at radius 1 is 1.11 bits per heavy atom. The normalized spacial score (nSPS) is 24.2. The van der Waals surface area contributed by atoms with Crippen molar-refractivity contribution in [3.63, 3.8) is 0 Å². The van der Waals surface area contributed by atoms with Gasteiger partial charge in [0.1, 0.15) is 17.6 Å². The van der Waals surface area contributed by atoms with E-state index in [0.717, 1.165) is 31.4 Å². The van der Waals surface area contributed by atoms with Crippen LogP contribution in [0.4, 0.5) is 18.9 Å². The molecule has 0 spiro atoms. The van der Waals surface area contributed by atoms with E-state index in [4.69, 9.17) is 0 Å². The molecular formula is C27H26BrF3N2O5. The minimum absolute atomic E-state index is 0.0126. The first-order chi connectivity index (χ1) is 18.0. The lowest BCUT2D eigenvalue weighted by atomic mass is 9.65. The molecule has 0 saturated heterocycles. The maximum Gasteiger partial charge on any atom is 0.573 e. The molecule has 5 rings (SSSR count). The van der Waals surface area contributed by atoms with E-state index in [2.05, 4.69) is 26.0 Å². The molecule has 7 nitrogen and oxygen atoms in total. The van der Waals surface area contributed by atoms with Gasteiger partial charge in [-0.05, 0) is 79.6 Å². The van der Waals surface area contributed by atoms with Gasteiger partial charge >= 0.3 is 12.3 Å². The summed E-state index contributed by atoms with van der Waals surface area (Å²) in [5.41, 5.74) is -0.162. The number of fused-ring (bicyclic) bond motifs is 2. The molecule has 4 unspecified atom stereocenters. The average Bonchev–Trinajstić information content (AvgIpc) is 3.54. The minimum Gasteiger partial charge on any atom is -0.480 e. The van der Waals surface area contributed by atoms with Crippen LogP contribution in [0.3, 0.4) is 0 Å². The molecule has 1 amide bonds. The quantitative estimate of drug-likeness (QED) is 0.396. The fraction of sp³-hybridized carbons (Fsp3) is 0.444. The van der Waals surface area contributed by atoms with Gasteiger partial charge in [-0.3, -0.25) is 14.9 Å². The molecule has 2 saturated carbocycles. The Balaban J connectivity index is 1.59. The summed E-state index contributed by atoms with van der Waals surface area (Å²) in [7, 11) is 0. The fourth-order valence-corrected chi connectivity index (χ4v) is 6.57. The van der Waals surface area contributed by atoms with Gasteiger partial charge < -0.3 is 19.5 Å². The van der Waals surface area contributed by atoms with E-state index < -0.39 is 35.4 Å². The molecule has 1 aliphatic heterocycles. The van der Waals surface area contributed by atoms with E-state index in [-0.39, 0.29) is 30.0 Å². The Morgan fingerprint density at radius 2 is 1.82 bits per heavy atom. The summed E-state index contributed by atoms with van der Waals surface area (Å²) in [5.74, 6) is -2.73. The number of carboxylic acids is 1. The summed E-state index contributed by atoms with van der Waals surface area (Å²) >= 11 is 3.48. The number of carbonyl (C=O) groups is 3. The largest absolute Gasteiger partial charge is 0.573 e. The highest BCUT2D eigenvalue weighted by molar-refractivity contribution is 9.10. The van der Waals surface area contributed by atoms with Crippen LogP contribution in [0, 0.1) is 5.92 Å². The highest BCUT2D eigenvalue weighted by Crippen LogP contribution is 2.55. The second kappa shape index (κ2) is 10.00. The number of ether oxygens (including phenoxy) is 1. The predicted molar refractivity (Wildman–Crippen MR) is 135 cm³/mol. The molecule has 0 bridgehead atoms. The number of nitrogens with zero attached hydrogens (tertiary/aromatic N) is 1. The van der Waals surface area contributed by atoms with Gasteiger partial charge in [0.25, 0.3) is 5.91 Å². The molecule has 4 atom stereocenters. The molecule has 2 aromatic carbocycles. The average molecular weight is 595 g/mol. The van der Waals surface area contributed by atoms with Crippen molar-refractivity contribution >= 4 is 39.8 Å². The van der Waals surface area contributed by atoms with Gasteiger partial charge in [-0.25, -0.2) is 0 Å². The third kappa shape index (κ3) is 4.93. The third-order valence-corrected chi connectivity index (χ3v) is 8.28. The SMILES string of the molecule is O=CCC(NC1CC1)(C(=O)O)C1c2cc(Br)ccc2N(C(=O)c2ccc(OC(F)(F)F)cc2)C2CCCC21. The zero-order chi connectivity index (χ0) is 27.2. The number of nitrogens with one attached hydrogen (secondary N) is 1. The van der Waals surface area contributed by atoms with Gasteiger partial charge in [0, 0.05) is 40.1 Å². The van der Waals surface area contributed by atoms with Crippen molar-refractivity contribution in [2.45, 2.75) is 68.4 Å². The van der Waals surface area contributed by atoms with E-state index in [9.17, 15) is 32.7 Å². The van der Waals surface area contributed by atoms with Crippen LogP contribution < -0.4 is 15.0 Å². The van der Waals surface area contributed by atoms with Gasteiger partial charge in [-0.15, -0.1) is 13.2 Å². The number of hydrogen-bond acceptors (Lipinski definition) is 5. The molecular weight excluding hydrogens is 569 g/mol. The van der Waals surface area contributed by atoms with Crippen molar-refractivity contribution in [2.75, 3.05) is 4.90 Å². The van der Waals surface area contributed by atoms with Crippen molar-refractivity contribution in [2.24, 2.45) is 5.92 Å². The Kier molecular flexibility index (Phi) is 7.02. The fourth-order valence-electron chi connectivity index (χ4n) is 6.19. The summed E-state index contributed by atoms with van der Waals surface area (Å²) in [4.78, 5) is 40.3. The molecule has 0 radical (unpaired) electrons. The van der Waals surface area contributed by atoms with Crippen LogP contribution in [0.25, 0.3) is 0 Å². The van der Waals surface area contributed by atoms with Crippen molar-refractivity contribution in [3.05, 3.63) is 58.1 Å². The van der Waals surface area contributed by atoms with Crippen LogP contribution in [0.15, 0.2) is 46.9 Å². The number of anilines is 1. The lowest BCUT2D eigenvalue weighted by molar-refractivity contribution is -0.274. The zero-order valence-electron chi connectivity index (χ0n) is 20.2. The molecule has 1 heterocycles. The molecule has 11 heteroatoms. The van der Waals surface area contributed by atoms with E-state index >= 15 is 0 Å². The van der Waals surface area contributed by atoms with Crippen LogP contribution in [-0.4, -0.2) is 47.3 Å². The number of carbonyl (C=O) groups excluding carboxylic acids is 2. The maximum atomic E-state index is 13.9. The number of hydrogen-bond donors (Lipinski definition) is 2. The zero-order valence-corrected chi connectivity index (χ0v) is 21.8. The van der Waals surface area contributed by atoms with Crippen molar-refractivity contribution in [3.8, 4) is 5.75 Å². The first-order valence-corrected chi connectivity index (χ1v) is 13.3. The molecule has 2 N–H and O–H groups in total. The van der Waals surface area contributed by atoms with Crippen molar-refractivity contribution < 1.29 is 37.4 Å². The van der Waals surface area contributed by atoms with E-state index in [1.54, 1.807) is 17.0 Å². The van der Waals surface area contributed by atoms with Crippen LogP contribution in [0.5, 0.6) is 5.75 Å². The lowest BCUT2D eigenvalue weighted by Gasteiger charge is -2.50. The van der Waals surface area contributed by atoms with E-state index in [1.165, 1.54) is 12.1 Å². The number of amides is 1. The summed E-state index contributed by atoms with van der Waals surface area (Å²) in [6, 6.07) is 9.79. The van der Waals surface area contributed by atoms with Gasteiger partial charge in [-0.1, -0.05) is 22.4 Å². The van der Waals surface area contributed by atoms with E-state index in [0.29, 0.717) is 34.9 Å². The summed E-state index contributed by atoms with van der Waals surface area (Å²) in [6.45, 7) is 0. The smallest absolute Gasteiger partial charge is 0.480 e. The van der Waals surface area contributed by atoms with Gasteiger partial charge in [0.2, 0.25) is 0 Å². The molecule has 38 heavy (non-hydrogen) atoms. The van der Waals surface area contributed by atoms with Crippen LogP contribution in [0.1, 0.15) is 60.4 Å². The van der Waals surface area contributed by atoms with Crippen LogP contribution in [-0.2, 0) is 9.59 Å². The second-order valence-corrected chi connectivity index (χ2v) is 11.1. The standard InChI is InChI=1S/C27H26BrF3N2O5/c28-16-6-11-22-20(14-16)23(26(12-13-34,25(36)37)32-17-7-8-17)19-2-1-3-21(19)33(22)24(35)15-4-9-18(10-5-15)38-27(29,30)31/h4-6,9-11,13-14,17,19,21,23,32H,1-3,7-8,12H2,(H,36,37). The van der Waals surface area contributed by atoms with Gasteiger partial charge in [0.05, 0.1) is 0 Å². The molecule has 202 valence electrons. The summed E-state index contributed by atoms with van der Waals surface area (Å²) in [6.07, 6.45) is -0.674. The first-order valence-electron chi connectivity index (χ1n) is 12.5. The monoisotopic (exact) mass is 594 g/mol. The summed E-state index contributed by atoms with van der Waals surface area (Å²) < 4.78 is 42.4. The number of aliphatic carboxylic acids is 1. The number of alkyl halides is 3. The third-order valence-electron chi connectivity index (χ3n) is 7.79. The predicted octanol–water partition coefficient (Wildman–Crippen LogP) is 5.42. The highest BCUT2D eigenvalue weighted by Gasteiger charge is 2.58. The molecule has 3 aliphatic rings. The first kappa shape index (κ1) is 26.7. The Bertz CT molecular complexity index is 1250. The molecule has 2 aromatic rings. The lowest BCUT2D eigenvalue weighted by Crippen LogP contribution is -2.62. The van der Waals surface area contributed by atoms with E-state index in [1.807, 2.05) is 6.07 Å². The summed E-state index contributed by atoms with van der Waals surface area (Å²) in [5, 5.41) is 13.8. The Morgan fingerprint density at radius 3 is 2.42 bits per heavy atom. The number of halogens is 4. The van der Waals surface area contributed by atoms with Crippen LogP contribution in [0.2, 0.25) is 0 Å². The Hall–Kier alpha value is -2.92. The highest BCUT2D eigenvalue weighted by atomic mass is 79.9. The second-order valence-electron chi connectivity index (χ2n) is 10.2. The molecule has 2 fully saturated rings. The number of benzene rings is 2. The number of rotatable bonds is 8. The number of aldehydes is 1. The topological polar surface area (TPSA) is 95.9 Å². The minimum atomic E-state index is -4.84. The van der Waals surface area contributed by atoms with Crippen molar-refractivity contribution in [1.29, 1.82) is 0 Å². The van der Waals surface area contributed by atoms with Gasteiger partial charge in [-0.2, -0.15) is 0 Å². The maximum absolute atomic E-state index is 13.9. The Labute approximate surface area is 225 Å². The van der Waals surface area contributed by atoms with Gasteiger partial charge in [0.15, 0.2) is 0 Å². The van der Waals surface area contributed by atoms with Crippen LogP contribution >= 0.6 is 15.9 Å². The molecule has 2 aliphatic carbocycles. The molecule has 0 aromatic heterocycles. The number of carboxylic acid groups (broad SMARTS) is 1. The van der Waals surface area contributed by atoms with Crippen molar-refractivity contribution in [1.82, 2.24) is 5.32 Å².